The van der Waals surface area contributed by atoms with Crippen molar-refractivity contribution in [2.24, 2.45) is 0 Å². The fraction of sp³-hybridized carbons (Fsp3) is 0.0769. The number of hydrogen-bond donors (Lipinski definition) is 0. The molecule has 0 saturated heterocycles. The van der Waals surface area contributed by atoms with Gasteiger partial charge in [0.25, 0.3) is 0 Å². The average Bonchev–Trinajstić information content (AvgIpc) is 2.62. The van der Waals surface area contributed by atoms with Gasteiger partial charge in [0.1, 0.15) is 0 Å². The third-order valence-electron chi connectivity index (χ3n) is 2.92. The predicted octanol–water partition coefficient (Wildman–Crippen LogP) is 6.32. The molecule has 0 atom stereocenters. The van der Waals surface area contributed by atoms with Crippen LogP contribution in [0.25, 0.3) is 0 Å². The topological polar surface area (TPSA) is 18.5 Å². The molecule has 0 N–H and O–H groups in total. The Kier molecular flexibility index (Phi) is 5.17. The van der Waals surface area contributed by atoms with Crippen LogP contribution in [0, 0.1) is 58.2 Å². The number of hydrogen-bond acceptors (Lipinski definition) is 2. The summed E-state index contributed by atoms with van der Waals surface area (Å²) in [5.74, 6) is -33.1. The van der Waals surface area contributed by atoms with Gasteiger partial charge in [0.05, 0.1) is 0 Å². The second-order valence-electron chi connectivity index (χ2n) is 5.10. The van der Waals surface area contributed by atoms with Crippen LogP contribution in [0.2, 0.25) is 0 Å². The second kappa shape index (κ2) is 6.61. The molecule has 28 heavy (non-hydrogen) atoms. The SMILES string of the molecule is CP(F)(F)(Oc1c(F)c(F)c(F)c(F)c1F)Oc1c(F)c(F)c(F)c(F)c1F. The molecule has 2 rings (SSSR count). The molecule has 0 heterocycles. The van der Waals surface area contributed by atoms with Crippen molar-refractivity contribution >= 4 is 7.68 Å². The van der Waals surface area contributed by atoms with Crippen molar-refractivity contribution < 1.29 is 61.3 Å². The molecule has 2 nitrogen and oxygen atoms in total. The van der Waals surface area contributed by atoms with Gasteiger partial charge in [-0.15, -0.1) is 0 Å². The van der Waals surface area contributed by atoms with Gasteiger partial charge >= 0.3 is 145 Å². The second-order valence-corrected chi connectivity index (χ2v) is 7.70. The average molecular weight is 450 g/mol. The van der Waals surface area contributed by atoms with Gasteiger partial charge in [0.15, 0.2) is 0 Å². The van der Waals surface area contributed by atoms with Crippen LogP contribution in [-0.2, 0) is 0 Å². The van der Waals surface area contributed by atoms with E-state index in [-0.39, 0.29) is 0 Å². The molecule has 0 unspecified atom stereocenters. The molecular weight excluding hydrogens is 447 g/mol. The predicted molar refractivity (Wildman–Crippen MR) is 68.8 cm³/mol. The van der Waals surface area contributed by atoms with E-state index >= 15 is 0 Å². The summed E-state index contributed by atoms with van der Waals surface area (Å²) < 4.78 is 167. The Balaban J connectivity index is 2.60. The molecule has 0 bridgehead atoms. The van der Waals surface area contributed by atoms with Crippen LogP contribution >= 0.6 is 7.68 Å². The fourth-order valence-corrected chi connectivity index (χ4v) is 2.89. The molecule has 0 aromatic heterocycles. The minimum atomic E-state index is -7.80. The summed E-state index contributed by atoms with van der Waals surface area (Å²) in [4.78, 5) is 0. The molecule has 2 aromatic rings. The summed E-state index contributed by atoms with van der Waals surface area (Å²) in [7, 11) is -7.80. The van der Waals surface area contributed by atoms with Gasteiger partial charge in [-0.05, 0) is 0 Å². The van der Waals surface area contributed by atoms with Crippen molar-refractivity contribution in [2.75, 3.05) is 6.66 Å². The third kappa shape index (κ3) is 3.64. The van der Waals surface area contributed by atoms with Gasteiger partial charge in [-0.1, -0.05) is 0 Å². The Morgan fingerprint density at radius 1 is 0.429 bits per heavy atom. The van der Waals surface area contributed by atoms with Crippen molar-refractivity contribution in [1.29, 1.82) is 0 Å². The zero-order chi connectivity index (χ0) is 21.8. The quantitative estimate of drug-likeness (QED) is 0.235. The Bertz CT molecular complexity index is 851. The molecule has 0 fully saturated rings. The first-order valence-electron chi connectivity index (χ1n) is 6.45. The van der Waals surface area contributed by atoms with Crippen molar-refractivity contribution in [2.45, 2.75) is 0 Å². The fourth-order valence-electron chi connectivity index (χ4n) is 1.74. The van der Waals surface area contributed by atoms with Crippen LogP contribution in [0.4, 0.5) is 52.3 Å². The van der Waals surface area contributed by atoms with Crippen molar-refractivity contribution in [1.82, 2.24) is 0 Å². The Labute approximate surface area is 146 Å². The molecule has 15 heteroatoms. The van der Waals surface area contributed by atoms with Crippen LogP contribution in [0.5, 0.6) is 11.5 Å². The first-order chi connectivity index (χ1) is 12.6. The van der Waals surface area contributed by atoms with E-state index in [1.54, 1.807) is 0 Å². The van der Waals surface area contributed by atoms with Gasteiger partial charge in [-0.25, -0.2) is 0 Å². The molecular formula is C13H3F12O2P. The Morgan fingerprint density at radius 3 is 0.821 bits per heavy atom. The zero-order valence-electron chi connectivity index (χ0n) is 12.8. The van der Waals surface area contributed by atoms with Crippen LogP contribution in [-0.4, -0.2) is 6.66 Å². The van der Waals surface area contributed by atoms with Crippen LogP contribution in [0.3, 0.4) is 0 Å². The van der Waals surface area contributed by atoms with E-state index in [4.69, 9.17) is 0 Å². The van der Waals surface area contributed by atoms with E-state index in [1.165, 1.54) is 0 Å². The standard InChI is InChI=1S/C13H3F12O2P/c1-28(24,25,26-12-8(20)4(16)2(14)5(17)9(12)21)27-13-10(22)6(18)3(15)7(19)11(13)23/h1H3. The van der Waals surface area contributed by atoms with Crippen LogP contribution < -0.4 is 9.05 Å². The summed E-state index contributed by atoms with van der Waals surface area (Å²) >= 11 is 0. The first-order valence-corrected chi connectivity index (χ1v) is 8.75. The van der Waals surface area contributed by atoms with Gasteiger partial charge in [0.2, 0.25) is 0 Å². The number of benzene rings is 2. The van der Waals surface area contributed by atoms with Gasteiger partial charge in [-0.3, -0.25) is 0 Å². The zero-order valence-corrected chi connectivity index (χ0v) is 13.7. The first kappa shape index (κ1) is 21.9. The van der Waals surface area contributed by atoms with Crippen LogP contribution in [0.1, 0.15) is 0 Å². The minimum absolute atomic E-state index is 0.526. The maximum absolute atomic E-state index is 14.3. The van der Waals surface area contributed by atoms with Crippen LogP contribution in [0.15, 0.2) is 0 Å². The number of halogens is 12. The van der Waals surface area contributed by atoms with Crippen molar-refractivity contribution in [3.63, 3.8) is 0 Å². The third-order valence-corrected chi connectivity index (χ3v) is 4.07. The summed E-state index contributed by atoms with van der Waals surface area (Å²) in [5.41, 5.74) is 0. The van der Waals surface area contributed by atoms with Gasteiger partial charge < -0.3 is 0 Å². The molecule has 0 aliphatic heterocycles. The van der Waals surface area contributed by atoms with E-state index in [1.807, 2.05) is 0 Å². The summed E-state index contributed by atoms with van der Waals surface area (Å²) in [6.45, 7) is -0.526. The molecule has 0 radical (unpaired) electrons. The molecule has 2 aromatic carbocycles. The van der Waals surface area contributed by atoms with Gasteiger partial charge in [-0.2, -0.15) is 0 Å². The summed E-state index contributed by atoms with van der Waals surface area (Å²) in [6, 6.07) is 0. The summed E-state index contributed by atoms with van der Waals surface area (Å²) in [5, 5.41) is 0. The Hall–Kier alpha value is -2.37. The molecule has 0 aliphatic carbocycles. The van der Waals surface area contributed by atoms with E-state index in [0.29, 0.717) is 0 Å². The number of rotatable bonds is 4. The maximum atomic E-state index is 14.3. The van der Waals surface area contributed by atoms with Crippen molar-refractivity contribution in [3.05, 3.63) is 58.2 Å². The van der Waals surface area contributed by atoms with Gasteiger partial charge in [0, 0.05) is 0 Å². The molecule has 0 amide bonds. The Morgan fingerprint density at radius 2 is 0.607 bits per heavy atom. The summed E-state index contributed by atoms with van der Waals surface area (Å²) in [6.07, 6.45) is 0. The van der Waals surface area contributed by atoms with E-state index in [0.717, 1.165) is 0 Å². The molecule has 0 aliphatic rings. The van der Waals surface area contributed by atoms with E-state index in [2.05, 4.69) is 9.05 Å². The van der Waals surface area contributed by atoms with E-state index < -0.39 is 84.0 Å². The molecule has 0 spiro atoms. The molecule has 156 valence electrons. The van der Waals surface area contributed by atoms with Crippen molar-refractivity contribution in [3.8, 4) is 11.5 Å². The molecule has 0 saturated carbocycles. The van der Waals surface area contributed by atoms with E-state index in [9.17, 15) is 52.3 Å². The normalized spacial score (nSPS) is 13.2. The monoisotopic (exact) mass is 450 g/mol.